The Labute approximate surface area is 128 Å². The number of rotatable bonds is 7. The molecular weight excluding hydrogens is 270 g/mol. The molecule has 20 heavy (non-hydrogen) atoms. The van der Waals surface area contributed by atoms with E-state index in [9.17, 15) is 4.79 Å². The molecule has 0 aromatic rings. The molecule has 1 fully saturated rings. The van der Waals surface area contributed by atoms with Crippen LogP contribution in [0, 0.1) is 5.92 Å². The van der Waals surface area contributed by atoms with Crippen LogP contribution < -0.4 is 11.1 Å². The fourth-order valence-corrected chi connectivity index (χ4v) is 3.13. The number of amides is 1. The smallest absolute Gasteiger partial charge is 0.223 e. The number of nitrogens with zero attached hydrogens (tertiary/aromatic N) is 1. The van der Waals surface area contributed by atoms with Gasteiger partial charge < -0.3 is 16.0 Å². The molecule has 1 aliphatic heterocycles. The van der Waals surface area contributed by atoms with Crippen LogP contribution in [0.15, 0.2) is 0 Å². The zero-order valence-corrected chi connectivity index (χ0v) is 13.9. The Balaban J connectivity index is 2.74. The lowest BCUT2D eigenvalue weighted by atomic mass is 9.86. The number of likely N-dealkylation sites (tertiary alicyclic amines) is 1. The minimum absolute atomic E-state index is 0.0934. The molecule has 116 valence electrons. The average Bonchev–Trinajstić information content (AvgIpc) is 2.41. The van der Waals surface area contributed by atoms with Crippen molar-refractivity contribution >= 4 is 23.1 Å². The third kappa shape index (κ3) is 4.42. The SMILES string of the molecule is CCCC(CCC)C(=O)NC1(C(N)=S)CCN(C)CC1. The molecular formula is C15H29N3OS. The number of carbonyl (C=O) groups excluding carboxylic acids is 1. The highest BCUT2D eigenvalue weighted by atomic mass is 32.1. The van der Waals surface area contributed by atoms with Crippen LogP contribution in [-0.2, 0) is 4.79 Å². The van der Waals surface area contributed by atoms with E-state index in [0.29, 0.717) is 4.99 Å². The van der Waals surface area contributed by atoms with Crippen molar-refractivity contribution in [3.8, 4) is 0 Å². The van der Waals surface area contributed by atoms with Crippen molar-refractivity contribution in [3.63, 3.8) is 0 Å². The molecule has 4 nitrogen and oxygen atoms in total. The maximum Gasteiger partial charge on any atom is 0.223 e. The van der Waals surface area contributed by atoms with E-state index in [-0.39, 0.29) is 11.8 Å². The van der Waals surface area contributed by atoms with Gasteiger partial charge in [-0.3, -0.25) is 4.79 Å². The molecule has 1 saturated heterocycles. The number of hydrogen-bond donors (Lipinski definition) is 2. The molecule has 1 heterocycles. The molecule has 1 amide bonds. The first-order chi connectivity index (χ1) is 9.45. The zero-order valence-electron chi connectivity index (χ0n) is 13.1. The monoisotopic (exact) mass is 299 g/mol. The van der Waals surface area contributed by atoms with Gasteiger partial charge in [-0.1, -0.05) is 38.9 Å². The van der Waals surface area contributed by atoms with Crippen molar-refractivity contribution < 1.29 is 4.79 Å². The van der Waals surface area contributed by atoms with E-state index in [1.165, 1.54) is 0 Å². The Bertz CT molecular complexity index is 332. The fourth-order valence-electron chi connectivity index (χ4n) is 2.87. The van der Waals surface area contributed by atoms with Gasteiger partial charge in [-0.05, 0) is 32.7 Å². The highest BCUT2D eigenvalue weighted by molar-refractivity contribution is 7.80. The summed E-state index contributed by atoms with van der Waals surface area (Å²) in [6.07, 6.45) is 5.56. The van der Waals surface area contributed by atoms with Crippen molar-refractivity contribution in [1.82, 2.24) is 10.2 Å². The molecule has 5 heteroatoms. The normalized spacial score (nSPS) is 19.0. The summed E-state index contributed by atoms with van der Waals surface area (Å²) in [7, 11) is 2.09. The van der Waals surface area contributed by atoms with E-state index in [0.717, 1.165) is 51.6 Å². The Morgan fingerprint density at radius 1 is 1.30 bits per heavy atom. The fraction of sp³-hybridized carbons (Fsp3) is 0.867. The van der Waals surface area contributed by atoms with Crippen LogP contribution in [0.4, 0.5) is 0 Å². The molecule has 0 radical (unpaired) electrons. The Morgan fingerprint density at radius 3 is 2.20 bits per heavy atom. The van der Waals surface area contributed by atoms with Gasteiger partial charge >= 0.3 is 0 Å². The minimum atomic E-state index is -0.474. The molecule has 0 atom stereocenters. The van der Waals surface area contributed by atoms with Gasteiger partial charge in [0.05, 0.1) is 10.5 Å². The van der Waals surface area contributed by atoms with E-state index in [1.807, 2.05) is 0 Å². The predicted molar refractivity (Wildman–Crippen MR) is 87.7 cm³/mol. The molecule has 0 bridgehead atoms. The zero-order chi connectivity index (χ0) is 15.2. The largest absolute Gasteiger partial charge is 0.391 e. The second-order valence-electron chi connectivity index (χ2n) is 6.01. The summed E-state index contributed by atoms with van der Waals surface area (Å²) in [5.41, 5.74) is 5.47. The number of nitrogens with two attached hydrogens (primary N) is 1. The van der Waals surface area contributed by atoms with Crippen LogP contribution in [-0.4, -0.2) is 41.5 Å². The number of thiocarbonyl (C=S) groups is 1. The van der Waals surface area contributed by atoms with Gasteiger partial charge in [0, 0.05) is 19.0 Å². The highest BCUT2D eigenvalue weighted by Crippen LogP contribution is 2.24. The second kappa shape index (κ2) is 7.93. The number of carbonyl (C=O) groups is 1. The van der Waals surface area contributed by atoms with Crippen LogP contribution in [0.5, 0.6) is 0 Å². The highest BCUT2D eigenvalue weighted by Gasteiger charge is 2.38. The van der Waals surface area contributed by atoms with Gasteiger partial charge in [-0.25, -0.2) is 0 Å². The van der Waals surface area contributed by atoms with Gasteiger partial charge in [0.2, 0.25) is 5.91 Å². The molecule has 0 aromatic heterocycles. The van der Waals surface area contributed by atoms with Crippen molar-refractivity contribution in [1.29, 1.82) is 0 Å². The van der Waals surface area contributed by atoms with Crippen LogP contribution in [0.3, 0.4) is 0 Å². The van der Waals surface area contributed by atoms with E-state index in [2.05, 4.69) is 31.1 Å². The first-order valence-electron chi connectivity index (χ1n) is 7.75. The third-order valence-corrected chi connectivity index (χ3v) is 4.71. The van der Waals surface area contributed by atoms with Crippen molar-refractivity contribution in [2.75, 3.05) is 20.1 Å². The maximum atomic E-state index is 12.5. The molecule has 1 rings (SSSR count). The number of piperidine rings is 1. The van der Waals surface area contributed by atoms with E-state index >= 15 is 0 Å². The van der Waals surface area contributed by atoms with Crippen molar-refractivity contribution in [2.24, 2.45) is 11.7 Å². The van der Waals surface area contributed by atoms with Crippen LogP contribution in [0.1, 0.15) is 52.4 Å². The maximum absolute atomic E-state index is 12.5. The summed E-state index contributed by atoms with van der Waals surface area (Å²) in [6, 6.07) is 0. The first-order valence-corrected chi connectivity index (χ1v) is 8.16. The predicted octanol–water partition coefficient (Wildman–Crippen LogP) is 2.07. The van der Waals surface area contributed by atoms with Gasteiger partial charge in [-0.2, -0.15) is 0 Å². The quantitative estimate of drug-likeness (QED) is 0.707. The summed E-state index contributed by atoms with van der Waals surface area (Å²) >= 11 is 5.25. The molecule has 3 N–H and O–H groups in total. The number of hydrogen-bond acceptors (Lipinski definition) is 3. The molecule has 0 aromatic carbocycles. The van der Waals surface area contributed by atoms with E-state index < -0.39 is 5.54 Å². The lowest BCUT2D eigenvalue weighted by Gasteiger charge is -2.41. The van der Waals surface area contributed by atoms with Gasteiger partial charge in [0.1, 0.15) is 0 Å². The molecule has 0 aliphatic carbocycles. The van der Waals surface area contributed by atoms with Gasteiger partial charge in [0.15, 0.2) is 0 Å². The van der Waals surface area contributed by atoms with Crippen LogP contribution in [0.2, 0.25) is 0 Å². The molecule has 0 unspecified atom stereocenters. The van der Waals surface area contributed by atoms with Crippen LogP contribution in [0.25, 0.3) is 0 Å². The summed E-state index contributed by atoms with van der Waals surface area (Å²) in [6.45, 7) is 6.08. The van der Waals surface area contributed by atoms with Crippen molar-refractivity contribution in [2.45, 2.75) is 57.9 Å². The Kier molecular flexibility index (Phi) is 6.89. The average molecular weight is 299 g/mol. The van der Waals surface area contributed by atoms with Gasteiger partial charge in [0.25, 0.3) is 0 Å². The molecule has 0 spiro atoms. The topological polar surface area (TPSA) is 58.4 Å². The first kappa shape index (κ1) is 17.4. The summed E-state index contributed by atoms with van der Waals surface area (Å²) < 4.78 is 0. The summed E-state index contributed by atoms with van der Waals surface area (Å²) in [4.78, 5) is 15.2. The standard InChI is InChI=1S/C15H29N3OS/c1-4-6-12(7-5-2)13(19)17-15(14(16)20)8-10-18(3)11-9-15/h12H,4-11H2,1-3H3,(H2,16,20)(H,17,19). The van der Waals surface area contributed by atoms with E-state index in [1.54, 1.807) is 0 Å². The molecule has 1 aliphatic rings. The summed E-state index contributed by atoms with van der Waals surface area (Å²) in [5.74, 6) is 0.224. The minimum Gasteiger partial charge on any atom is -0.391 e. The Morgan fingerprint density at radius 2 is 1.80 bits per heavy atom. The lowest BCUT2D eigenvalue weighted by molar-refractivity contribution is -0.127. The Hall–Kier alpha value is -0.680. The number of nitrogens with one attached hydrogen (secondary N) is 1. The molecule has 0 saturated carbocycles. The summed E-state index contributed by atoms with van der Waals surface area (Å²) in [5, 5.41) is 3.19. The van der Waals surface area contributed by atoms with E-state index in [4.69, 9.17) is 18.0 Å². The third-order valence-electron chi connectivity index (χ3n) is 4.32. The van der Waals surface area contributed by atoms with Gasteiger partial charge in [-0.15, -0.1) is 0 Å². The second-order valence-corrected chi connectivity index (χ2v) is 6.45. The van der Waals surface area contributed by atoms with Crippen LogP contribution >= 0.6 is 12.2 Å². The van der Waals surface area contributed by atoms with Crippen molar-refractivity contribution in [3.05, 3.63) is 0 Å². The lowest BCUT2D eigenvalue weighted by Crippen LogP contribution is -2.62.